The number of pyridine rings is 1. The zero-order chi connectivity index (χ0) is 23.8. The Labute approximate surface area is 211 Å². The van der Waals surface area contributed by atoms with Crippen LogP contribution >= 0.6 is 24.2 Å². The summed E-state index contributed by atoms with van der Waals surface area (Å²) in [4.78, 5) is 30.0. The predicted molar refractivity (Wildman–Crippen MR) is 138 cm³/mol. The number of imide groups is 1. The zero-order valence-corrected chi connectivity index (χ0v) is 20.1. The maximum atomic E-state index is 15.2. The summed E-state index contributed by atoms with van der Waals surface area (Å²) < 4.78 is 15.2. The van der Waals surface area contributed by atoms with Gasteiger partial charge in [-0.15, -0.1) is 12.4 Å². The van der Waals surface area contributed by atoms with Gasteiger partial charge >= 0.3 is 0 Å². The van der Waals surface area contributed by atoms with Crippen LogP contribution in [0.4, 0.5) is 14.9 Å². The van der Waals surface area contributed by atoms with E-state index in [4.69, 9.17) is 5.73 Å². The number of nitrogens with zero attached hydrogens (tertiary/aromatic N) is 3. The Hall–Kier alpha value is -3.45. The van der Waals surface area contributed by atoms with Crippen molar-refractivity contribution in [1.82, 2.24) is 10.3 Å². The van der Waals surface area contributed by atoms with Gasteiger partial charge in [-0.3, -0.25) is 19.9 Å². The highest BCUT2D eigenvalue weighted by Gasteiger charge is 2.25. The first kappa shape index (κ1) is 24.7. The summed E-state index contributed by atoms with van der Waals surface area (Å²) in [6.45, 7) is 1.35. The third-order valence-corrected chi connectivity index (χ3v) is 6.80. The average molecular weight is 510 g/mol. The highest BCUT2D eigenvalue weighted by molar-refractivity contribution is 8.18. The molecule has 3 heterocycles. The Kier molecular flexibility index (Phi) is 7.08. The number of nitrogens with one attached hydrogen (secondary N) is 1. The lowest BCUT2D eigenvalue weighted by Crippen LogP contribution is -2.43. The van der Waals surface area contributed by atoms with E-state index in [0.717, 1.165) is 31.1 Å². The van der Waals surface area contributed by atoms with Crippen molar-refractivity contribution in [1.29, 1.82) is 5.26 Å². The molecule has 2 aromatic carbocycles. The third kappa shape index (κ3) is 4.86. The molecule has 1 aromatic heterocycles. The summed E-state index contributed by atoms with van der Waals surface area (Å²) >= 11 is 0.830. The highest BCUT2D eigenvalue weighted by atomic mass is 35.5. The van der Waals surface area contributed by atoms with Crippen molar-refractivity contribution < 1.29 is 14.0 Å². The Morgan fingerprint density at radius 2 is 2.09 bits per heavy atom. The maximum absolute atomic E-state index is 15.2. The van der Waals surface area contributed by atoms with Gasteiger partial charge in [-0.1, -0.05) is 12.1 Å². The van der Waals surface area contributed by atoms with Gasteiger partial charge in [-0.25, -0.2) is 4.39 Å². The standard InChI is InChI=1S/C25H20FN5O2S.ClH/c26-19-10-15(4-6-21(19)31-7-1-2-17(28)13-31)23-16(11-27)12-29-20-5-3-14(8-18(20)23)9-22-24(32)30-25(33)34-22;/h3-6,8-10,12,17H,1-2,7,13,28H2,(H,30,32,33);1H/t17-;/m1./s1. The number of nitrogens with two attached hydrogens (primary N) is 1. The largest absolute Gasteiger partial charge is 0.368 e. The number of fused-ring (bicyclic) bond motifs is 1. The molecule has 7 nitrogen and oxygen atoms in total. The molecule has 3 aromatic rings. The number of halogens is 2. The number of hydrogen-bond acceptors (Lipinski definition) is 7. The molecule has 2 amide bonds. The van der Waals surface area contributed by atoms with Crippen LogP contribution in [0.3, 0.4) is 0 Å². The average Bonchev–Trinajstić information content (AvgIpc) is 3.14. The molecular weight excluding hydrogens is 489 g/mol. The second kappa shape index (κ2) is 10.0. The summed E-state index contributed by atoms with van der Waals surface area (Å²) in [7, 11) is 0. The molecule has 2 aliphatic heterocycles. The van der Waals surface area contributed by atoms with Crippen LogP contribution in [0.5, 0.6) is 0 Å². The Balaban J connectivity index is 0.00000289. The van der Waals surface area contributed by atoms with Gasteiger partial charge in [0.2, 0.25) is 0 Å². The molecule has 0 spiro atoms. The van der Waals surface area contributed by atoms with E-state index < -0.39 is 11.1 Å². The second-order valence-electron chi connectivity index (χ2n) is 8.30. The van der Waals surface area contributed by atoms with Crippen LogP contribution in [0, 0.1) is 17.1 Å². The van der Waals surface area contributed by atoms with E-state index in [2.05, 4.69) is 16.4 Å². The van der Waals surface area contributed by atoms with Crippen molar-refractivity contribution in [3.8, 4) is 17.2 Å². The van der Waals surface area contributed by atoms with Crippen LogP contribution in [-0.2, 0) is 4.79 Å². The molecule has 0 unspecified atom stereocenters. The van der Waals surface area contributed by atoms with Gasteiger partial charge < -0.3 is 10.6 Å². The smallest absolute Gasteiger partial charge is 0.290 e. The predicted octanol–water partition coefficient (Wildman–Crippen LogP) is 4.59. The van der Waals surface area contributed by atoms with E-state index in [1.807, 2.05) is 4.90 Å². The monoisotopic (exact) mass is 509 g/mol. The molecule has 0 saturated carbocycles. The SMILES string of the molecule is Cl.N#Cc1cnc2ccc(C=C3SC(=O)NC3=O)cc2c1-c1ccc(N2CCC[C@@H](N)C2)c(F)c1. The summed E-state index contributed by atoms with van der Waals surface area (Å²) in [5, 5.41) is 12.2. The lowest BCUT2D eigenvalue weighted by Gasteiger charge is -2.33. The van der Waals surface area contributed by atoms with E-state index in [-0.39, 0.29) is 29.2 Å². The van der Waals surface area contributed by atoms with Crippen molar-refractivity contribution in [3.05, 3.63) is 64.4 Å². The highest BCUT2D eigenvalue weighted by Crippen LogP contribution is 2.35. The first-order chi connectivity index (χ1) is 16.4. The number of rotatable bonds is 3. The normalized spacial score (nSPS) is 18.9. The summed E-state index contributed by atoms with van der Waals surface area (Å²) in [6, 6.07) is 12.5. The van der Waals surface area contributed by atoms with Crippen LogP contribution in [0.2, 0.25) is 0 Å². The molecular formula is C25H21ClFN5O2S. The number of thioether (sulfide) groups is 1. The van der Waals surface area contributed by atoms with Crippen LogP contribution < -0.4 is 16.0 Å². The van der Waals surface area contributed by atoms with Gasteiger partial charge in [-0.2, -0.15) is 5.26 Å². The van der Waals surface area contributed by atoms with Crippen molar-refractivity contribution >= 4 is 58.0 Å². The number of carbonyl (C=O) groups excluding carboxylic acids is 2. The second-order valence-corrected chi connectivity index (χ2v) is 9.32. The molecule has 1 atom stereocenters. The molecule has 3 N–H and O–H groups in total. The molecule has 2 aliphatic rings. The molecule has 178 valence electrons. The number of benzene rings is 2. The van der Waals surface area contributed by atoms with Gasteiger partial charge in [0.1, 0.15) is 11.9 Å². The molecule has 2 fully saturated rings. The Bertz CT molecular complexity index is 1420. The fraction of sp³-hybridized carbons (Fsp3) is 0.200. The number of anilines is 1. The number of hydrogen-bond donors (Lipinski definition) is 2. The summed E-state index contributed by atoms with van der Waals surface area (Å²) in [6.07, 6.45) is 4.92. The number of nitriles is 1. The van der Waals surface area contributed by atoms with Crippen molar-refractivity contribution in [3.63, 3.8) is 0 Å². The topological polar surface area (TPSA) is 112 Å². The van der Waals surface area contributed by atoms with Crippen LogP contribution in [0.1, 0.15) is 24.0 Å². The molecule has 0 radical (unpaired) electrons. The molecule has 0 aliphatic carbocycles. The first-order valence-corrected chi connectivity index (χ1v) is 11.6. The fourth-order valence-corrected chi connectivity index (χ4v) is 5.10. The van der Waals surface area contributed by atoms with Crippen LogP contribution in [0.15, 0.2) is 47.5 Å². The van der Waals surface area contributed by atoms with Gasteiger partial charge in [-0.05, 0) is 66.1 Å². The number of piperidine rings is 1. The van der Waals surface area contributed by atoms with E-state index in [0.29, 0.717) is 45.4 Å². The van der Waals surface area contributed by atoms with Crippen molar-refractivity contribution in [2.45, 2.75) is 18.9 Å². The van der Waals surface area contributed by atoms with Crippen LogP contribution in [-0.4, -0.2) is 35.3 Å². The zero-order valence-electron chi connectivity index (χ0n) is 18.5. The quantitative estimate of drug-likeness (QED) is 0.497. The maximum Gasteiger partial charge on any atom is 0.290 e. The number of carbonyl (C=O) groups is 2. The Morgan fingerprint density at radius 3 is 2.77 bits per heavy atom. The minimum absolute atomic E-state index is 0. The van der Waals surface area contributed by atoms with Gasteiger partial charge in [0, 0.05) is 36.3 Å². The van der Waals surface area contributed by atoms with Gasteiger partial charge in [0.15, 0.2) is 0 Å². The molecule has 5 rings (SSSR count). The van der Waals surface area contributed by atoms with E-state index in [9.17, 15) is 14.9 Å². The molecule has 0 bridgehead atoms. The van der Waals surface area contributed by atoms with Crippen molar-refractivity contribution in [2.24, 2.45) is 5.73 Å². The fourth-order valence-electron chi connectivity index (χ4n) is 4.42. The minimum Gasteiger partial charge on any atom is -0.368 e. The summed E-state index contributed by atoms with van der Waals surface area (Å²) in [5.41, 5.74) is 9.28. The Morgan fingerprint density at radius 1 is 1.26 bits per heavy atom. The lowest BCUT2D eigenvalue weighted by atomic mass is 9.95. The number of amides is 2. The van der Waals surface area contributed by atoms with Gasteiger partial charge in [0.05, 0.1) is 21.7 Å². The number of aromatic nitrogens is 1. The summed E-state index contributed by atoms with van der Waals surface area (Å²) in [5.74, 6) is -0.828. The van der Waals surface area contributed by atoms with Crippen LogP contribution in [0.25, 0.3) is 28.1 Å². The minimum atomic E-state index is -0.450. The van der Waals surface area contributed by atoms with E-state index >= 15 is 4.39 Å². The van der Waals surface area contributed by atoms with E-state index in [1.54, 1.807) is 36.4 Å². The molecule has 35 heavy (non-hydrogen) atoms. The molecule has 2 saturated heterocycles. The lowest BCUT2D eigenvalue weighted by molar-refractivity contribution is -0.115. The van der Waals surface area contributed by atoms with Crippen molar-refractivity contribution in [2.75, 3.05) is 18.0 Å². The van der Waals surface area contributed by atoms with E-state index in [1.165, 1.54) is 12.3 Å². The van der Waals surface area contributed by atoms with Gasteiger partial charge in [0.25, 0.3) is 11.1 Å². The third-order valence-electron chi connectivity index (χ3n) is 5.99. The molecule has 10 heteroatoms. The first-order valence-electron chi connectivity index (χ1n) is 10.8.